The van der Waals surface area contributed by atoms with Crippen molar-refractivity contribution in [3.8, 4) is 0 Å². The third kappa shape index (κ3) is 3.27. The third-order valence-corrected chi connectivity index (χ3v) is 2.04. The Kier molecular flexibility index (Phi) is 3.49. The minimum Gasteiger partial charge on any atom is -0.478 e. The average Bonchev–Trinajstić information content (AvgIpc) is 2.15. The van der Waals surface area contributed by atoms with E-state index in [1.807, 2.05) is 0 Å². The number of carboxylic acid groups (broad SMARTS) is 1. The molecule has 4 heteroatoms. The molecule has 1 fully saturated rings. The first-order valence-corrected chi connectivity index (χ1v) is 4.40. The summed E-state index contributed by atoms with van der Waals surface area (Å²) in [5, 5.41) is 8.30. The van der Waals surface area contributed by atoms with Crippen LogP contribution in [-0.2, 0) is 9.59 Å². The maximum atomic E-state index is 11.3. The molecule has 0 aliphatic carbocycles. The van der Waals surface area contributed by atoms with Gasteiger partial charge in [0.05, 0.1) is 0 Å². The Balaban J connectivity index is 2.41. The van der Waals surface area contributed by atoms with Gasteiger partial charge >= 0.3 is 5.97 Å². The van der Waals surface area contributed by atoms with E-state index in [2.05, 4.69) is 0 Å². The van der Waals surface area contributed by atoms with E-state index in [9.17, 15) is 9.59 Å². The van der Waals surface area contributed by atoms with Crippen molar-refractivity contribution in [3.05, 3.63) is 12.2 Å². The van der Waals surface area contributed by atoms with Crippen molar-refractivity contribution in [3.63, 3.8) is 0 Å². The van der Waals surface area contributed by atoms with Gasteiger partial charge in [-0.2, -0.15) is 0 Å². The Morgan fingerprint density at radius 3 is 2.23 bits per heavy atom. The van der Waals surface area contributed by atoms with Crippen molar-refractivity contribution in [2.45, 2.75) is 19.3 Å². The molecule has 1 heterocycles. The van der Waals surface area contributed by atoms with Crippen molar-refractivity contribution in [2.24, 2.45) is 0 Å². The van der Waals surface area contributed by atoms with Gasteiger partial charge in [0.1, 0.15) is 0 Å². The molecule has 0 atom stereocenters. The normalized spacial score (nSPS) is 17.7. The molecule has 1 N–H and O–H groups in total. The zero-order chi connectivity index (χ0) is 9.68. The molecular weight excluding hydrogens is 170 g/mol. The Bertz CT molecular complexity index is 229. The van der Waals surface area contributed by atoms with E-state index in [-0.39, 0.29) is 5.91 Å². The summed E-state index contributed by atoms with van der Waals surface area (Å²) in [4.78, 5) is 23.1. The molecule has 1 aliphatic heterocycles. The van der Waals surface area contributed by atoms with Crippen LogP contribution in [0.15, 0.2) is 12.2 Å². The molecule has 0 aromatic heterocycles. The van der Waals surface area contributed by atoms with Gasteiger partial charge in [-0.05, 0) is 19.3 Å². The smallest absolute Gasteiger partial charge is 0.328 e. The first kappa shape index (κ1) is 9.77. The summed E-state index contributed by atoms with van der Waals surface area (Å²) in [7, 11) is 0. The summed E-state index contributed by atoms with van der Waals surface area (Å²) in [6.07, 6.45) is 5.20. The molecule has 0 spiro atoms. The lowest BCUT2D eigenvalue weighted by atomic mass is 10.1. The second kappa shape index (κ2) is 4.64. The highest BCUT2D eigenvalue weighted by Crippen LogP contribution is 2.08. The largest absolute Gasteiger partial charge is 0.478 e. The van der Waals surface area contributed by atoms with Gasteiger partial charge in [0.25, 0.3) is 0 Å². The number of nitrogens with zero attached hydrogens (tertiary/aromatic N) is 1. The van der Waals surface area contributed by atoms with E-state index < -0.39 is 5.97 Å². The predicted octanol–water partition coefficient (Wildman–Crippen LogP) is 0.640. The Hall–Kier alpha value is -1.32. The van der Waals surface area contributed by atoms with E-state index >= 15 is 0 Å². The highest BCUT2D eigenvalue weighted by atomic mass is 16.4. The Morgan fingerprint density at radius 2 is 1.69 bits per heavy atom. The van der Waals surface area contributed by atoms with Gasteiger partial charge in [-0.15, -0.1) is 0 Å². The van der Waals surface area contributed by atoms with Crippen LogP contribution in [0.25, 0.3) is 0 Å². The second-order valence-electron chi connectivity index (χ2n) is 3.06. The molecule has 1 saturated heterocycles. The fourth-order valence-corrected chi connectivity index (χ4v) is 1.36. The fraction of sp³-hybridized carbons (Fsp3) is 0.556. The van der Waals surface area contributed by atoms with Crippen LogP contribution in [0.5, 0.6) is 0 Å². The topological polar surface area (TPSA) is 57.6 Å². The molecule has 1 amide bonds. The van der Waals surface area contributed by atoms with Gasteiger partial charge in [0, 0.05) is 25.2 Å². The summed E-state index contributed by atoms with van der Waals surface area (Å²) >= 11 is 0. The number of piperidine rings is 1. The molecule has 0 aromatic carbocycles. The van der Waals surface area contributed by atoms with Crippen LogP contribution in [0.2, 0.25) is 0 Å². The fourth-order valence-electron chi connectivity index (χ4n) is 1.36. The number of hydrogen-bond acceptors (Lipinski definition) is 2. The molecular formula is C9H13NO3. The minimum atomic E-state index is -1.08. The summed E-state index contributed by atoms with van der Waals surface area (Å²) in [5.41, 5.74) is 0. The van der Waals surface area contributed by atoms with Crippen molar-refractivity contribution < 1.29 is 14.7 Å². The molecule has 1 rings (SSSR count). The van der Waals surface area contributed by atoms with Crippen LogP contribution < -0.4 is 0 Å². The first-order valence-electron chi connectivity index (χ1n) is 4.40. The second-order valence-corrected chi connectivity index (χ2v) is 3.06. The Morgan fingerprint density at radius 1 is 1.08 bits per heavy atom. The summed E-state index contributed by atoms with van der Waals surface area (Å²) in [5.74, 6) is -1.27. The maximum Gasteiger partial charge on any atom is 0.328 e. The standard InChI is InChI=1S/C9H13NO3/c11-8(4-5-9(12)13)10-6-2-1-3-7-10/h4-5H,1-3,6-7H2,(H,12,13)/b5-4-. The average molecular weight is 183 g/mol. The van der Waals surface area contributed by atoms with Gasteiger partial charge in [-0.1, -0.05) is 0 Å². The van der Waals surface area contributed by atoms with Gasteiger partial charge < -0.3 is 10.0 Å². The number of aliphatic carboxylic acids is 1. The molecule has 0 bridgehead atoms. The number of rotatable bonds is 2. The summed E-state index contributed by atoms with van der Waals surface area (Å²) in [6, 6.07) is 0. The van der Waals surface area contributed by atoms with E-state index in [0.717, 1.165) is 44.5 Å². The highest BCUT2D eigenvalue weighted by molar-refractivity contribution is 5.93. The molecule has 1 aliphatic rings. The van der Waals surface area contributed by atoms with Gasteiger partial charge in [-0.3, -0.25) is 4.79 Å². The first-order chi connectivity index (χ1) is 6.20. The molecule has 72 valence electrons. The lowest BCUT2D eigenvalue weighted by molar-refractivity contribution is -0.132. The highest BCUT2D eigenvalue weighted by Gasteiger charge is 2.13. The molecule has 0 aromatic rings. The number of carbonyl (C=O) groups excluding carboxylic acids is 1. The zero-order valence-electron chi connectivity index (χ0n) is 7.40. The number of carboxylic acids is 1. The number of likely N-dealkylation sites (tertiary alicyclic amines) is 1. The molecule has 0 saturated carbocycles. The number of carbonyl (C=O) groups is 2. The monoisotopic (exact) mass is 183 g/mol. The van der Waals surface area contributed by atoms with Crippen molar-refractivity contribution >= 4 is 11.9 Å². The van der Waals surface area contributed by atoms with Crippen molar-refractivity contribution in [1.29, 1.82) is 0 Å². The number of hydrogen-bond donors (Lipinski definition) is 1. The predicted molar refractivity (Wildman–Crippen MR) is 47.2 cm³/mol. The van der Waals surface area contributed by atoms with Crippen LogP contribution in [0.3, 0.4) is 0 Å². The summed E-state index contributed by atoms with van der Waals surface area (Å²) in [6.45, 7) is 1.51. The van der Waals surface area contributed by atoms with Gasteiger partial charge in [0.15, 0.2) is 0 Å². The maximum absolute atomic E-state index is 11.3. The van der Waals surface area contributed by atoms with Crippen LogP contribution >= 0.6 is 0 Å². The molecule has 0 radical (unpaired) electrons. The van der Waals surface area contributed by atoms with Gasteiger partial charge in [0.2, 0.25) is 5.91 Å². The lowest BCUT2D eigenvalue weighted by Gasteiger charge is -2.25. The van der Waals surface area contributed by atoms with Gasteiger partial charge in [-0.25, -0.2) is 4.79 Å². The van der Waals surface area contributed by atoms with Crippen LogP contribution in [0.1, 0.15) is 19.3 Å². The quantitative estimate of drug-likeness (QED) is 0.639. The molecule has 0 unspecified atom stereocenters. The van der Waals surface area contributed by atoms with E-state index in [0.29, 0.717) is 0 Å². The molecule has 4 nitrogen and oxygen atoms in total. The minimum absolute atomic E-state index is 0.192. The number of amides is 1. The van der Waals surface area contributed by atoms with E-state index in [1.165, 1.54) is 0 Å². The Labute approximate surface area is 76.8 Å². The van der Waals surface area contributed by atoms with Crippen molar-refractivity contribution in [1.82, 2.24) is 4.90 Å². The van der Waals surface area contributed by atoms with Crippen LogP contribution in [-0.4, -0.2) is 35.0 Å². The SMILES string of the molecule is O=C(O)/C=C\C(=O)N1CCCCC1. The summed E-state index contributed by atoms with van der Waals surface area (Å²) < 4.78 is 0. The molecule has 13 heavy (non-hydrogen) atoms. The van der Waals surface area contributed by atoms with Crippen molar-refractivity contribution in [2.75, 3.05) is 13.1 Å². The van der Waals surface area contributed by atoms with E-state index in [1.54, 1.807) is 4.90 Å². The van der Waals surface area contributed by atoms with Crippen LogP contribution in [0.4, 0.5) is 0 Å². The lowest BCUT2D eigenvalue weighted by Crippen LogP contribution is -2.34. The van der Waals surface area contributed by atoms with E-state index in [4.69, 9.17) is 5.11 Å². The third-order valence-electron chi connectivity index (χ3n) is 2.04. The zero-order valence-corrected chi connectivity index (χ0v) is 7.40. The van der Waals surface area contributed by atoms with Crippen LogP contribution in [0, 0.1) is 0 Å².